The minimum atomic E-state index is 0.0173. The third-order valence-electron chi connectivity index (χ3n) is 1.41. The van der Waals surface area contributed by atoms with Gasteiger partial charge < -0.3 is 5.11 Å². The number of aryl methyl sites for hydroxylation is 2. The van der Waals surface area contributed by atoms with Crippen LogP contribution in [0.4, 0.5) is 0 Å². The quantitative estimate of drug-likeness (QED) is 0.593. The summed E-state index contributed by atoms with van der Waals surface area (Å²) in [6.07, 6.45) is 0. The fraction of sp³-hybridized carbons (Fsp3) is 0.286. The van der Waals surface area contributed by atoms with Crippen molar-refractivity contribution in [1.82, 2.24) is 9.78 Å². The van der Waals surface area contributed by atoms with Gasteiger partial charge in [0, 0.05) is 12.7 Å². The summed E-state index contributed by atoms with van der Waals surface area (Å²) in [6.45, 7) is 5.28. The lowest BCUT2D eigenvalue weighted by molar-refractivity contribution is 0.508. The van der Waals surface area contributed by atoms with E-state index in [1.807, 2.05) is 14.0 Å². The van der Waals surface area contributed by atoms with Gasteiger partial charge in [-0.25, -0.2) is 0 Å². The maximum absolute atomic E-state index is 8.89. The summed E-state index contributed by atoms with van der Waals surface area (Å²) in [7, 11) is 1.82. The molecule has 54 valence electrons. The Morgan fingerprint density at radius 1 is 1.80 bits per heavy atom. The zero-order valence-corrected chi connectivity index (χ0v) is 6.13. The van der Waals surface area contributed by atoms with Crippen LogP contribution in [0, 0.1) is 6.92 Å². The summed E-state index contributed by atoms with van der Waals surface area (Å²) < 4.78 is 1.69. The van der Waals surface area contributed by atoms with E-state index in [9.17, 15) is 0 Å². The molecule has 10 heavy (non-hydrogen) atoms. The number of aliphatic hydroxyl groups excluding tert-OH is 1. The Morgan fingerprint density at radius 2 is 2.40 bits per heavy atom. The number of hydrogen-bond donors (Lipinski definition) is 1. The molecule has 0 amide bonds. The molecule has 0 unspecified atom stereocenters. The van der Waals surface area contributed by atoms with Gasteiger partial charge in [-0.05, 0) is 13.0 Å². The highest BCUT2D eigenvalue weighted by molar-refractivity contribution is 5.51. The number of hydrogen-bond acceptors (Lipinski definition) is 2. The first-order valence-corrected chi connectivity index (χ1v) is 3.00. The Labute approximate surface area is 59.6 Å². The summed E-state index contributed by atoms with van der Waals surface area (Å²) in [6, 6.07) is 1.78. The predicted octanol–water partition coefficient (Wildman–Crippen LogP) is 1.26. The molecule has 0 saturated heterocycles. The number of aliphatic hydroxyl groups is 1. The molecular formula is C7H10N2O. The lowest BCUT2D eigenvalue weighted by Gasteiger charge is -1.89. The van der Waals surface area contributed by atoms with E-state index in [-0.39, 0.29) is 5.76 Å². The molecule has 1 heterocycles. The molecule has 1 aromatic rings. The van der Waals surface area contributed by atoms with Crippen molar-refractivity contribution in [3.63, 3.8) is 0 Å². The van der Waals surface area contributed by atoms with Gasteiger partial charge in [0.1, 0.15) is 11.5 Å². The first kappa shape index (κ1) is 6.86. The number of aromatic nitrogens is 2. The third-order valence-corrected chi connectivity index (χ3v) is 1.41. The van der Waals surface area contributed by atoms with E-state index in [2.05, 4.69) is 11.7 Å². The van der Waals surface area contributed by atoms with Crippen molar-refractivity contribution < 1.29 is 5.11 Å². The van der Waals surface area contributed by atoms with Crippen molar-refractivity contribution in [1.29, 1.82) is 0 Å². The van der Waals surface area contributed by atoms with Gasteiger partial charge >= 0.3 is 0 Å². The van der Waals surface area contributed by atoms with Crippen molar-refractivity contribution in [3.05, 3.63) is 24.0 Å². The van der Waals surface area contributed by atoms with E-state index in [1.54, 1.807) is 10.7 Å². The zero-order valence-electron chi connectivity index (χ0n) is 6.13. The molecule has 0 saturated carbocycles. The molecule has 0 aromatic carbocycles. The minimum Gasteiger partial charge on any atom is -0.506 e. The van der Waals surface area contributed by atoms with Crippen molar-refractivity contribution in [3.8, 4) is 0 Å². The number of nitrogens with zero attached hydrogens (tertiary/aromatic N) is 2. The third kappa shape index (κ3) is 1.03. The van der Waals surface area contributed by atoms with Crippen molar-refractivity contribution in [2.24, 2.45) is 7.05 Å². The Kier molecular flexibility index (Phi) is 1.49. The second-order valence-corrected chi connectivity index (χ2v) is 2.24. The topological polar surface area (TPSA) is 38.0 Å². The van der Waals surface area contributed by atoms with Crippen LogP contribution in [0.2, 0.25) is 0 Å². The van der Waals surface area contributed by atoms with E-state index >= 15 is 0 Å². The van der Waals surface area contributed by atoms with Gasteiger partial charge in [0.05, 0.1) is 0 Å². The van der Waals surface area contributed by atoms with Crippen LogP contribution in [0.3, 0.4) is 0 Å². The number of rotatable bonds is 1. The fourth-order valence-electron chi connectivity index (χ4n) is 0.702. The molecule has 0 aliphatic carbocycles. The normalized spacial score (nSPS) is 9.80. The highest BCUT2D eigenvalue weighted by atomic mass is 16.3. The van der Waals surface area contributed by atoms with E-state index in [0.29, 0.717) is 5.69 Å². The monoisotopic (exact) mass is 138 g/mol. The van der Waals surface area contributed by atoms with Gasteiger partial charge in [0.25, 0.3) is 0 Å². The molecule has 1 rings (SSSR count). The molecule has 1 N–H and O–H groups in total. The minimum absolute atomic E-state index is 0.0173. The summed E-state index contributed by atoms with van der Waals surface area (Å²) in [5.41, 5.74) is 1.55. The standard InChI is InChI=1S/C7H10N2O/c1-5-4-7(6(2)10)8-9(5)3/h4,10H,2H2,1,3H3. The SMILES string of the molecule is C=C(O)c1cc(C)n(C)n1. The fourth-order valence-corrected chi connectivity index (χ4v) is 0.702. The van der Waals surface area contributed by atoms with Gasteiger partial charge in [-0.3, -0.25) is 4.68 Å². The Balaban J connectivity index is 3.10. The van der Waals surface area contributed by atoms with E-state index < -0.39 is 0 Å². The Bertz CT molecular complexity index is 243. The highest BCUT2D eigenvalue weighted by Crippen LogP contribution is 2.07. The zero-order chi connectivity index (χ0) is 7.72. The molecule has 0 aliphatic heterocycles. The van der Waals surface area contributed by atoms with Gasteiger partial charge in [-0.1, -0.05) is 6.58 Å². The van der Waals surface area contributed by atoms with Crippen LogP contribution >= 0.6 is 0 Å². The van der Waals surface area contributed by atoms with Crippen molar-refractivity contribution in [2.75, 3.05) is 0 Å². The maximum atomic E-state index is 8.89. The molecule has 3 nitrogen and oxygen atoms in total. The molecule has 0 atom stereocenters. The van der Waals surface area contributed by atoms with Gasteiger partial charge in [-0.15, -0.1) is 0 Å². The average Bonchev–Trinajstić information content (AvgIpc) is 2.13. The lowest BCUT2D eigenvalue weighted by Crippen LogP contribution is -1.92. The summed E-state index contributed by atoms with van der Waals surface area (Å²) in [4.78, 5) is 0. The average molecular weight is 138 g/mol. The first-order valence-electron chi connectivity index (χ1n) is 3.00. The van der Waals surface area contributed by atoms with E-state index in [4.69, 9.17) is 5.11 Å². The van der Waals surface area contributed by atoms with Crippen LogP contribution in [0.25, 0.3) is 5.76 Å². The van der Waals surface area contributed by atoms with Crippen molar-refractivity contribution >= 4 is 5.76 Å². The van der Waals surface area contributed by atoms with Crippen LogP contribution in [-0.2, 0) is 7.05 Å². The smallest absolute Gasteiger partial charge is 0.135 e. The largest absolute Gasteiger partial charge is 0.506 e. The molecule has 0 bridgehead atoms. The van der Waals surface area contributed by atoms with Crippen LogP contribution in [0.1, 0.15) is 11.4 Å². The van der Waals surface area contributed by atoms with E-state index in [1.165, 1.54) is 0 Å². The molecule has 1 aromatic heterocycles. The van der Waals surface area contributed by atoms with Crippen LogP contribution in [-0.4, -0.2) is 14.9 Å². The molecule has 3 heteroatoms. The summed E-state index contributed by atoms with van der Waals surface area (Å²) in [5.74, 6) is 0.0173. The van der Waals surface area contributed by atoms with E-state index in [0.717, 1.165) is 5.69 Å². The van der Waals surface area contributed by atoms with Crippen molar-refractivity contribution in [2.45, 2.75) is 6.92 Å². The Morgan fingerprint density at radius 3 is 2.60 bits per heavy atom. The molecule has 0 spiro atoms. The highest BCUT2D eigenvalue weighted by Gasteiger charge is 2.01. The second-order valence-electron chi connectivity index (χ2n) is 2.24. The first-order chi connectivity index (χ1) is 4.61. The Hall–Kier alpha value is -1.25. The maximum Gasteiger partial charge on any atom is 0.135 e. The van der Waals surface area contributed by atoms with Crippen LogP contribution < -0.4 is 0 Å². The van der Waals surface area contributed by atoms with Gasteiger partial charge in [0.15, 0.2) is 0 Å². The molecular weight excluding hydrogens is 128 g/mol. The lowest BCUT2D eigenvalue weighted by atomic mass is 10.3. The van der Waals surface area contributed by atoms with Crippen LogP contribution in [0.5, 0.6) is 0 Å². The van der Waals surface area contributed by atoms with Gasteiger partial charge in [0.2, 0.25) is 0 Å². The summed E-state index contributed by atoms with van der Waals surface area (Å²) >= 11 is 0. The second kappa shape index (κ2) is 2.17. The van der Waals surface area contributed by atoms with Gasteiger partial charge in [-0.2, -0.15) is 5.10 Å². The predicted molar refractivity (Wildman–Crippen MR) is 39.6 cm³/mol. The molecule has 0 radical (unpaired) electrons. The molecule has 0 fully saturated rings. The molecule has 0 aliphatic rings. The van der Waals surface area contributed by atoms with Crippen LogP contribution in [0.15, 0.2) is 12.6 Å². The summed E-state index contributed by atoms with van der Waals surface area (Å²) in [5, 5.41) is 12.9.